The maximum atomic E-state index is 9.42. The van der Waals surface area contributed by atoms with Crippen LogP contribution in [0.2, 0.25) is 0 Å². The van der Waals surface area contributed by atoms with Crippen molar-refractivity contribution < 1.29 is 5.11 Å². The van der Waals surface area contributed by atoms with Crippen LogP contribution in [0.4, 0.5) is 5.69 Å². The summed E-state index contributed by atoms with van der Waals surface area (Å²) >= 11 is 5.56. The second kappa shape index (κ2) is 7.68. The smallest absolute Gasteiger partial charge is 0.0847 e. The first-order valence-electron chi connectivity index (χ1n) is 6.45. The molecule has 0 bridgehead atoms. The second-order valence-electron chi connectivity index (χ2n) is 4.40. The Hall–Kier alpha value is -1.84. The fourth-order valence-electron chi connectivity index (χ4n) is 1.70. The van der Waals surface area contributed by atoms with Crippen LogP contribution in [0.15, 0.2) is 48.7 Å². The molecule has 0 radical (unpaired) electrons. The van der Waals surface area contributed by atoms with Gasteiger partial charge in [-0.1, -0.05) is 24.3 Å². The third kappa shape index (κ3) is 4.68. The summed E-state index contributed by atoms with van der Waals surface area (Å²) in [6.45, 7) is 0.441. The fourth-order valence-corrected chi connectivity index (χ4v) is 1.81. The summed E-state index contributed by atoms with van der Waals surface area (Å²) in [6, 6.07) is 13.8. The Balaban J connectivity index is 2.01. The minimum atomic E-state index is -0.538. The van der Waals surface area contributed by atoms with Gasteiger partial charge in [-0.3, -0.25) is 4.98 Å². The third-order valence-corrected chi connectivity index (χ3v) is 3.10. The highest BCUT2D eigenvalue weighted by Crippen LogP contribution is 2.13. The van der Waals surface area contributed by atoms with Crippen molar-refractivity contribution in [1.82, 2.24) is 4.98 Å². The minimum absolute atomic E-state index is 0.228. The van der Waals surface area contributed by atoms with E-state index >= 15 is 0 Å². The third-order valence-electron chi connectivity index (χ3n) is 2.74. The molecule has 0 aliphatic heterocycles. The first kappa shape index (κ1) is 14.6. The van der Waals surface area contributed by atoms with Gasteiger partial charge in [-0.15, -0.1) is 11.6 Å². The predicted molar refractivity (Wildman–Crippen MR) is 84.8 cm³/mol. The molecule has 3 nitrogen and oxygen atoms in total. The fraction of sp³-hybridized carbons (Fsp3) is 0.188. The molecule has 20 heavy (non-hydrogen) atoms. The van der Waals surface area contributed by atoms with Gasteiger partial charge in [-0.25, -0.2) is 0 Å². The first-order valence-corrected chi connectivity index (χ1v) is 6.98. The quantitative estimate of drug-likeness (QED) is 0.802. The van der Waals surface area contributed by atoms with E-state index in [0.717, 1.165) is 16.9 Å². The number of nitrogens with one attached hydrogen (secondary N) is 1. The van der Waals surface area contributed by atoms with Crippen molar-refractivity contribution in [2.75, 3.05) is 17.7 Å². The standard InChI is InChI=1S/C16H17ClN2O/c17-11-16(20)12-19-15-6-3-4-13(10-15)7-8-14-5-1-2-9-18-14/h1-10,16,19-20H,11-12H2. The highest BCUT2D eigenvalue weighted by molar-refractivity contribution is 6.18. The summed E-state index contributed by atoms with van der Waals surface area (Å²) in [5.41, 5.74) is 2.95. The number of hydrogen-bond donors (Lipinski definition) is 2. The van der Waals surface area contributed by atoms with Crippen LogP contribution < -0.4 is 5.32 Å². The Morgan fingerprint density at radius 2 is 2.10 bits per heavy atom. The Morgan fingerprint density at radius 1 is 1.20 bits per heavy atom. The van der Waals surface area contributed by atoms with Gasteiger partial charge in [-0.05, 0) is 35.9 Å². The van der Waals surface area contributed by atoms with Gasteiger partial charge in [0.2, 0.25) is 0 Å². The normalized spacial score (nSPS) is 12.5. The summed E-state index contributed by atoms with van der Waals surface area (Å²) in [6.07, 6.45) is 5.20. The van der Waals surface area contributed by atoms with E-state index in [4.69, 9.17) is 11.6 Å². The van der Waals surface area contributed by atoms with Crippen molar-refractivity contribution in [3.8, 4) is 0 Å². The predicted octanol–water partition coefficient (Wildman–Crippen LogP) is 3.26. The lowest BCUT2D eigenvalue weighted by atomic mass is 10.1. The van der Waals surface area contributed by atoms with E-state index in [0.29, 0.717) is 6.54 Å². The van der Waals surface area contributed by atoms with Gasteiger partial charge in [-0.2, -0.15) is 0 Å². The van der Waals surface area contributed by atoms with Crippen molar-refractivity contribution in [3.63, 3.8) is 0 Å². The van der Waals surface area contributed by atoms with Gasteiger partial charge < -0.3 is 10.4 Å². The molecule has 4 heteroatoms. The second-order valence-corrected chi connectivity index (χ2v) is 4.71. The monoisotopic (exact) mass is 288 g/mol. The number of hydrogen-bond acceptors (Lipinski definition) is 3. The molecule has 1 unspecified atom stereocenters. The van der Waals surface area contributed by atoms with Gasteiger partial charge in [0.1, 0.15) is 0 Å². The lowest BCUT2D eigenvalue weighted by Gasteiger charge is -2.10. The van der Waals surface area contributed by atoms with Crippen molar-refractivity contribution >= 4 is 29.4 Å². The van der Waals surface area contributed by atoms with E-state index in [2.05, 4.69) is 10.3 Å². The molecular formula is C16H17ClN2O. The van der Waals surface area contributed by atoms with E-state index in [1.54, 1.807) is 6.20 Å². The minimum Gasteiger partial charge on any atom is -0.390 e. The molecule has 104 valence electrons. The van der Waals surface area contributed by atoms with Crippen molar-refractivity contribution in [2.24, 2.45) is 0 Å². The summed E-state index contributed by atoms with van der Waals surface area (Å²) in [5.74, 6) is 0.228. The molecule has 0 amide bonds. The van der Waals surface area contributed by atoms with Crippen LogP contribution in [-0.2, 0) is 0 Å². The highest BCUT2D eigenvalue weighted by atomic mass is 35.5. The molecule has 2 aromatic rings. The number of benzene rings is 1. The molecule has 0 aliphatic carbocycles. The lowest BCUT2D eigenvalue weighted by molar-refractivity contribution is 0.211. The molecule has 2 N–H and O–H groups in total. The topological polar surface area (TPSA) is 45.1 Å². The lowest BCUT2D eigenvalue weighted by Crippen LogP contribution is -2.20. The summed E-state index contributed by atoms with van der Waals surface area (Å²) < 4.78 is 0. The van der Waals surface area contributed by atoms with Crippen molar-refractivity contribution in [3.05, 3.63) is 59.9 Å². The van der Waals surface area contributed by atoms with Gasteiger partial charge in [0.05, 0.1) is 17.7 Å². The Labute approximate surface area is 123 Å². The van der Waals surface area contributed by atoms with Crippen LogP contribution >= 0.6 is 11.6 Å². The maximum absolute atomic E-state index is 9.42. The maximum Gasteiger partial charge on any atom is 0.0847 e. The Kier molecular flexibility index (Phi) is 5.59. The van der Waals surface area contributed by atoms with Crippen LogP contribution in [-0.4, -0.2) is 28.6 Å². The number of aromatic nitrogens is 1. The molecule has 0 fully saturated rings. The summed E-state index contributed by atoms with van der Waals surface area (Å²) in [4.78, 5) is 4.24. The number of aliphatic hydroxyl groups excluding tert-OH is 1. The van der Waals surface area contributed by atoms with E-state index in [9.17, 15) is 5.11 Å². The Morgan fingerprint density at radius 3 is 2.85 bits per heavy atom. The van der Waals surface area contributed by atoms with Crippen LogP contribution in [0.1, 0.15) is 11.3 Å². The zero-order valence-corrected chi connectivity index (χ0v) is 11.8. The molecule has 1 atom stereocenters. The molecule has 1 heterocycles. The number of anilines is 1. The number of aliphatic hydroxyl groups is 1. The van der Waals surface area contributed by atoms with Crippen LogP contribution in [0.25, 0.3) is 12.2 Å². The molecule has 0 spiro atoms. The van der Waals surface area contributed by atoms with Crippen molar-refractivity contribution in [1.29, 1.82) is 0 Å². The molecule has 0 aliphatic rings. The Bertz CT molecular complexity index is 557. The van der Waals surface area contributed by atoms with Gasteiger partial charge in [0.15, 0.2) is 0 Å². The number of halogens is 1. The summed E-state index contributed by atoms with van der Waals surface area (Å²) in [5, 5.41) is 12.6. The average Bonchev–Trinajstić information content (AvgIpc) is 2.52. The summed E-state index contributed by atoms with van der Waals surface area (Å²) in [7, 11) is 0. The molecule has 0 saturated heterocycles. The highest BCUT2D eigenvalue weighted by Gasteiger charge is 2.01. The first-order chi connectivity index (χ1) is 9.78. The zero-order chi connectivity index (χ0) is 14.2. The number of alkyl halides is 1. The molecule has 2 rings (SSSR count). The molecule has 1 aromatic heterocycles. The van der Waals surface area contributed by atoms with Gasteiger partial charge in [0, 0.05) is 18.4 Å². The van der Waals surface area contributed by atoms with Gasteiger partial charge >= 0.3 is 0 Å². The molecule has 1 aromatic carbocycles. The van der Waals surface area contributed by atoms with E-state index < -0.39 is 6.10 Å². The van der Waals surface area contributed by atoms with Crippen LogP contribution in [0.3, 0.4) is 0 Å². The largest absolute Gasteiger partial charge is 0.390 e. The van der Waals surface area contributed by atoms with Crippen LogP contribution in [0, 0.1) is 0 Å². The SMILES string of the molecule is OC(CCl)CNc1cccc(C=Cc2ccccn2)c1. The zero-order valence-electron chi connectivity index (χ0n) is 11.0. The van der Waals surface area contributed by atoms with E-state index in [1.807, 2.05) is 54.6 Å². The molecule has 0 saturated carbocycles. The number of rotatable bonds is 6. The van der Waals surface area contributed by atoms with E-state index in [1.165, 1.54) is 0 Å². The van der Waals surface area contributed by atoms with E-state index in [-0.39, 0.29) is 5.88 Å². The average molecular weight is 289 g/mol. The van der Waals surface area contributed by atoms with Gasteiger partial charge in [0.25, 0.3) is 0 Å². The van der Waals surface area contributed by atoms with Crippen molar-refractivity contribution in [2.45, 2.75) is 6.10 Å². The van der Waals surface area contributed by atoms with Crippen LogP contribution in [0.5, 0.6) is 0 Å². The number of pyridine rings is 1. The number of nitrogens with zero attached hydrogens (tertiary/aromatic N) is 1. The molecular weight excluding hydrogens is 272 g/mol.